The summed E-state index contributed by atoms with van der Waals surface area (Å²) in [5.74, 6) is 1.81. The van der Waals surface area contributed by atoms with E-state index in [0.717, 1.165) is 21.0 Å². The van der Waals surface area contributed by atoms with Crippen LogP contribution in [0.15, 0.2) is 59.2 Å². The van der Waals surface area contributed by atoms with E-state index in [1.807, 2.05) is 42.5 Å². The van der Waals surface area contributed by atoms with Crippen molar-refractivity contribution < 1.29 is 9.47 Å². The average Bonchev–Trinajstić information content (AvgIpc) is 2.48. The van der Waals surface area contributed by atoms with E-state index in [1.54, 1.807) is 13.3 Å². The van der Waals surface area contributed by atoms with Gasteiger partial charge >= 0.3 is 0 Å². The van der Waals surface area contributed by atoms with Crippen LogP contribution in [0.3, 0.4) is 0 Å². The van der Waals surface area contributed by atoms with Gasteiger partial charge in [0, 0.05) is 10.7 Å². The Morgan fingerprint density at radius 3 is 2.65 bits per heavy atom. The van der Waals surface area contributed by atoms with Crippen LogP contribution in [0.4, 0.5) is 0 Å². The number of hydrogen-bond acceptors (Lipinski definition) is 3. The standard InChI is InChI=1S/C16H12BrNO2/c1-19-15-3-2-8-18-16(15)20-14-7-5-11-9-13(17)6-4-12(11)10-14/h2-10H,1H3. The van der Waals surface area contributed by atoms with Crippen LogP contribution in [-0.4, -0.2) is 12.1 Å². The zero-order valence-electron chi connectivity index (χ0n) is 10.8. The van der Waals surface area contributed by atoms with Crippen LogP contribution in [-0.2, 0) is 0 Å². The molecule has 3 aromatic rings. The van der Waals surface area contributed by atoms with Crippen molar-refractivity contribution in [1.29, 1.82) is 0 Å². The highest BCUT2D eigenvalue weighted by Gasteiger charge is 2.06. The lowest BCUT2D eigenvalue weighted by atomic mass is 10.1. The molecule has 0 N–H and O–H groups in total. The largest absolute Gasteiger partial charge is 0.491 e. The summed E-state index contributed by atoms with van der Waals surface area (Å²) < 4.78 is 12.1. The number of aromatic nitrogens is 1. The summed E-state index contributed by atoms with van der Waals surface area (Å²) in [5, 5.41) is 2.26. The summed E-state index contributed by atoms with van der Waals surface area (Å²) in [6, 6.07) is 15.7. The van der Waals surface area contributed by atoms with Gasteiger partial charge in [0.05, 0.1) is 7.11 Å². The normalized spacial score (nSPS) is 10.5. The first-order chi connectivity index (χ1) is 9.76. The number of rotatable bonds is 3. The van der Waals surface area contributed by atoms with Gasteiger partial charge in [-0.2, -0.15) is 0 Å². The average molecular weight is 330 g/mol. The van der Waals surface area contributed by atoms with Crippen LogP contribution in [0.1, 0.15) is 0 Å². The molecule has 100 valence electrons. The molecule has 0 amide bonds. The number of fused-ring (bicyclic) bond motifs is 1. The molecule has 0 atom stereocenters. The Hall–Kier alpha value is -2.07. The summed E-state index contributed by atoms with van der Waals surface area (Å²) in [5.41, 5.74) is 0. The predicted octanol–water partition coefficient (Wildman–Crippen LogP) is 4.80. The van der Waals surface area contributed by atoms with Crippen molar-refractivity contribution in [2.24, 2.45) is 0 Å². The molecular formula is C16H12BrNO2. The smallest absolute Gasteiger partial charge is 0.262 e. The van der Waals surface area contributed by atoms with E-state index in [4.69, 9.17) is 9.47 Å². The summed E-state index contributed by atoms with van der Waals surface area (Å²) in [6.07, 6.45) is 1.68. The zero-order chi connectivity index (χ0) is 13.9. The second-order valence-electron chi connectivity index (χ2n) is 4.27. The number of benzene rings is 2. The Morgan fingerprint density at radius 1 is 1.00 bits per heavy atom. The van der Waals surface area contributed by atoms with Crippen molar-refractivity contribution in [2.75, 3.05) is 7.11 Å². The third-order valence-corrected chi connectivity index (χ3v) is 3.44. The predicted molar refractivity (Wildman–Crippen MR) is 82.5 cm³/mol. The number of nitrogens with zero attached hydrogens (tertiary/aromatic N) is 1. The van der Waals surface area contributed by atoms with Crippen LogP contribution < -0.4 is 9.47 Å². The molecule has 0 radical (unpaired) electrons. The van der Waals surface area contributed by atoms with Gasteiger partial charge in [-0.15, -0.1) is 0 Å². The third-order valence-electron chi connectivity index (χ3n) is 2.94. The van der Waals surface area contributed by atoms with E-state index in [1.165, 1.54) is 0 Å². The van der Waals surface area contributed by atoms with Gasteiger partial charge in [-0.1, -0.05) is 28.1 Å². The number of hydrogen-bond donors (Lipinski definition) is 0. The van der Waals surface area contributed by atoms with Gasteiger partial charge in [-0.3, -0.25) is 0 Å². The maximum Gasteiger partial charge on any atom is 0.262 e. The second kappa shape index (κ2) is 5.51. The highest BCUT2D eigenvalue weighted by molar-refractivity contribution is 9.10. The molecule has 1 aromatic heterocycles. The van der Waals surface area contributed by atoms with Crippen LogP contribution in [0.25, 0.3) is 10.8 Å². The molecule has 0 unspecified atom stereocenters. The highest BCUT2D eigenvalue weighted by Crippen LogP contribution is 2.30. The minimum absolute atomic E-state index is 0.464. The van der Waals surface area contributed by atoms with E-state index in [-0.39, 0.29) is 0 Å². The summed E-state index contributed by atoms with van der Waals surface area (Å²) in [4.78, 5) is 4.18. The molecular weight excluding hydrogens is 318 g/mol. The van der Waals surface area contributed by atoms with E-state index in [9.17, 15) is 0 Å². The second-order valence-corrected chi connectivity index (χ2v) is 5.18. The van der Waals surface area contributed by atoms with Gasteiger partial charge in [0.25, 0.3) is 5.88 Å². The van der Waals surface area contributed by atoms with Crippen molar-refractivity contribution in [1.82, 2.24) is 4.98 Å². The lowest BCUT2D eigenvalue weighted by Gasteiger charge is -2.09. The maximum absolute atomic E-state index is 5.79. The van der Waals surface area contributed by atoms with E-state index >= 15 is 0 Å². The van der Waals surface area contributed by atoms with E-state index in [2.05, 4.69) is 27.0 Å². The van der Waals surface area contributed by atoms with Gasteiger partial charge in [-0.05, 0) is 47.2 Å². The molecule has 20 heavy (non-hydrogen) atoms. The fourth-order valence-electron chi connectivity index (χ4n) is 1.98. The van der Waals surface area contributed by atoms with Crippen molar-refractivity contribution >= 4 is 26.7 Å². The van der Waals surface area contributed by atoms with Crippen molar-refractivity contribution in [3.63, 3.8) is 0 Å². The number of methoxy groups -OCH3 is 1. The Labute approximate surface area is 125 Å². The maximum atomic E-state index is 5.79. The fraction of sp³-hybridized carbons (Fsp3) is 0.0625. The van der Waals surface area contributed by atoms with E-state index in [0.29, 0.717) is 11.6 Å². The Balaban J connectivity index is 1.96. The fourth-order valence-corrected chi connectivity index (χ4v) is 2.36. The van der Waals surface area contributed by atoms with Crippen LogP contribution in [0.5, 0.6) is 17.4 Å². The molecule has 3 nitrogen and oxygen atoms in total. The molecule has 0 aliphatic carbocycles. The van der Waals surface area contributed by atoms with Crippen molar-refractivity contribution in [3.05, 3.63) is 59.2 Å². The molecule has 2 aromatic carbocycles. The quantitative estimate of drug-likeness (QED) is 0.691. The van der Waals surface area contributed by atoms with Gasteiger partial charge in [0.1, 0.15) is 5.75 Å². The molecule has 0 spiro atoms. The topological polar surface area (TPSA) is 31.4 Å². The molecule has 0 fully saturated rings. The Kier molecular flexibility index (Phi) is 3.56. The summed E-state index contributed by atoms with van der Waals surface area (Å²) in [6.45, 7) is 0. The van der Waals surface area contributed by atoms with Crippen LogP contribution >= 0.6 is 15.9 Å². The molecule has 4 heteroatoms. The van der Waals surface area contributed by atoms with Crippen LogP contribution in [0, 0.1) is 0 Å². The van der Waals surface area contributed by atoms with Gasteiger partial charge in [0.2, 0.25) is 0 Å². The van der Waals surface area contributed by atoms with Gasteiger partial charge in [0.15, 0.2) is 5.75 Å². The van der Waals surface area contributed by atoms with E-state index < -0.39 is 0 Å². The van der Waals surface area contributed by atoms with Crippen LogP contribution in [0.2, 0.25) is 0 Å². The molecule has 3 rings (SSSR count). The lowest BCUT2D eigenvalue weighted by molar-refractivity contribution is 0.370. The SMILES string of the molecule is COc1cccnc1Oc1ccc2cc(Br)ccc2c1. The van der Waals surface area contributed by atoms with Crippen molar-refractivity contribution in [2.45, 2.75) is 0 Å². The Bertz CT molecular complexity index is 758. The first-order valence-corrected chi connectivity index (χ1v) is 6.92. The molecule has 0 saturated heterocycles. The highest BCUT2D eigenvalue weighted by atomic mass is 79.9. The number of ether oxygens (including phenoxy) is 2. The molecule has 0 bridgehead atoms. The molecule has 0 aliphatic rings. The molecule has 0 saturated carbocycles. The monoisotopic (exact) mass is 329 g/mol. The first kappa shape index (κ1) is 12.9. The van der Waals surface area contributed by atoms with Gasteiger partial charge in [-0.25, -0.2) is 4.98 Å². The third kappa shape index (κ3) is 2.60. The lowest BCUT2D eigenvalue weighted by Crippen LogP contribution is -1.92. The molecule has 1 heterocycles. The van der Waals surface area contributed by atoms with Crippen molar-refractivity contribution in [3.8, 4) is 17.4 Å². The first-order valence-electron chi connectivity index (χ1n) is 6.12. The minimum Gasteiger partial charge on any atom is -0.491 e. The summed E-state index contributed by atoms with van der Waals surface area (Å²) >= 11 is 3.47. The zero-order valence-corrected chi connectivity index (χ0v) is 12.4. The Morgan fingerprint density at radius 2 is 1.80 bits per heavy atom. The van der Waals surface area contributed by atoms with Gasteiger partial charge < -0.3 is 9.47 Å². The number of pyridine rings is 1. The minimum atomic E-state index is 0.464. The molecule has 0 aliphatic heterocycles. The summed E-state index contributed by atoms with van der Waals surface area (Å²) in [7, 11) is 1.60. The number of halogens is 1.